The zero-order valence-electron chi connectivity index (χ0n) is 12.9. The van der Waals surface area contributed by atoms with Gasteiger partial charge >= 0.3 is 0 Å². The minimum Gasteiger partial charge on any atom is -0.338 e. The number of likely N-dealkylation sites (tertiary alicyclic amines) is 1. The fourth-order valence-electron chi connectivity index (χ4n) is 3.75. The SMILES string of the molecule is Cc1cc(C)cc(C(=O)N2CCC3(CCNCC3)C2)c1.Cl. The van der Waals surface area contributed by atoms with Crippen molar-refractivity contribution in [2.45, 2.75) is 33.1 Å². The van der Waals surface area contributed by atoms with Gasteiger partial charge < -0.3 is 10.2 Å². The second kappa shape index (κ2) is 6.37. The average molecular weight is 309 g/mol. The van der Waals surface area contributed by atoms with Crippen LogP contribution in [0, 0.1) is 19.3 Å². The van der Waals surface area contributed by atoms with Gasteiger partial charge in [0, 0.05) is 18.7 Å². The van der Waals surface area contributed by atoms with E-state index < -0.39 is 0 Å². The third-order valence-electron chi connectivity index (χ3n) is 4.86. The number of aryl methyl sites for hydroxylation is 2. The number of hydrogen-bond acceptors (Lipinski definition) is 2. The maximum absolute atomic E-state index is 12.7. The number of rotatable bonds is 1. The van der Waals surface area contributed by atoms with Crippen molar-refractivity contribution in [3.05, 3.63) is 34.9 Å². The second-order valence-corrected chi connectivity index (χ2v) is 6.60. The average Bonchev–Trinajstić information content (AvgIpc) is 2.81. The first-order valence-electron chi connectivity index (χ1n) is 7.66. The van der Waals surface area contributed by atoms with E-state index in [1.807, 2.05) is 12.1 Å². The molecule has 3 rings (SSSR count). The molecule has 1 N–H and O–H groups in total. The molecule has 1 spiro atoms. The zero-order chi connectivity index (χ0) is 14.2. The van der Waals surface area contributed by atoms with E-state index in [0.29, 0.717) is 5.41 Å². The van der Waals surface area contributed by atoms with Crippen LogP contribution in [0.1, 0.15) is 40.7 Å². The van der Waals surface area contributed by atoms with Gasteiger partial charge in [0.1, 0.15) is 0 Å². The zero-order valence-corrected chi connectivity index (χ0v) is 13.8. The molecule has 2 saturated heterocycles. The van der Waals surface area contributed by atoms with E-state index in [0.717, 1.165) is 31.7 Å². The van der Waals surface area contributed by atoms with Gasteiger partial charge in [-0.05, 0) is 63.7 Å². The molecule has 0 bridgehead atoms. The molecule has 3 nitrogen and oxygen atoms in total. The predicted octanol–water partition coefficient (Wildman–Crippen LogP) is 2.94. The van der Waals surface area contributed by atoms with Crippen LogP contribution in [0.2, 0.25) is 0 Å². The van der Waals surface area contributed by atoms with Crippen molar-refractivity contribution in [3.8, 4) is 0 Å². The van der Waals surface area contributed by atoms with Crippen LogP contribution in [0.15, 0.2) is 18.2 Å². The highest BCUT2D eigenvalue weighted by Crippen LogP contribution is 2.39. The fraction of sp³-hybridized carbons (Fsp3) is 0.588. The minimum atomic E-state index is 0. The normalized spacial score (nSPS) is 20.4. The molecule has 0 saturated carbocycles. The van der Waals surface area contributed by atoms with E-state index in [9.17, 15) is 4.79 Å². The smallest absolute Gasteiger partial charge is 0.253 e. The van der Waals surface area contributed by atoms with Crippen molar-refractivity contribution >= 4 is 18.3 Å². The van der Waals surface area contributed by atoms with Gasteiger partial charge in [0.2, 0.25) is 0 Å². The van der Waals surface area contributed by atoms with Gasteiger partial charge in [-0.1, -0.05) is 17.2 Å². The quantitative estimate of drug-likeness (QED) is 0.865. The first-order chi connectivity index (χ1) is 9.58. The van der Waals surface area contributed by atoms with Gasteiger partial charge in [-0.3, -0.25) is 4.79 Å². The molecule has 0 aliphatic carbocycles. The van der Waals surface area contributed by atoms with Crippen molar-refractivity contribution in [1.29, 1.82) is 0 Å². The van der Waals surface area contributed by atoms with E-state index in [1.165, 1.54) is 30.4 Å². The Labute approximate surface area is 133 Å². The summed E-state index contributed by atoms with van der Waals surface area (Å²) in [7, 11) is 0. The van der Waals surface area contributed by atoms with Crippen molar-refractivity contribution in [2.24, 2.45) is 5.41 Å². The van der Waals surface area contributed by atoms with E-state index in [4.69, 9.17) is 0 Å². The van der Waals surface area contributed by atoms with Crippen molar-refractivity contribution < 1.29 is 4.79 Å². The van der Waals surface area contributed by atoms with Crippen LogP contribution in [-0.4, -0.2) is 37.0 Å². The molecule has 2 aliphatic rings. The fourth-order valence-corrected chi connectivity index (χ4v) is 3.75. The molecular formula is C17H25ClN2O. The molecule has 1 aromatic rings. The number of amides is 1. The highest BCUT2D eigenvalue weighted by atomic mass is 35.5. The monoisotopic (exact) mass is 308 g/mol. The summed E-state index contributed by atoms with van der Waals surface area (Å²) in [6, 6.07) is 6.15. The van der Waals surface area contributed by atoms with Crippen LogP contribution in [0.5, 0.6) is 0 Å². The van der Waals surface area contributed by atoms with Crippen molar-refractivity contribution in [1.82, 2.24) is 10.2 Å². The Morgan fingerprint density at radius 3 is 2.33 bits per heavy atom. The van der Waals surface area contributed by atoms with Crippen LogP contribution in [0.4, 0.5) is 0 Å². The molecule has 4 heteroatoms. The molecule has 2 aliphatic heterocycles. The topological polar surface area (TPSA) is 32.3 Å². The summed E-state index contributed by atoms with van der Waals surface area (Å²) >= 11 is 0. The lowest BCUT2D eigenvalue weighted by atomic mass is 9.78. The van der Waals surface area contributed by atoms with Crippen molar-refractivity contribution in [2.75, 3.05) is 26.2 Å². The Balaban J connectivity index is 0.00000161. The second-order valence-electron chi connectivity index (χ2n) is 6.60. The summed E-state index contributed by atoms with van der Waals surface area (Å²) in [6.45, 7) is 8.19. The van der Waals surface area contributed by atoms with E-state index in [1.54, 1.807) is 0 Å². The van der Waals surface area contributed by atoms with Gasteiger partial charge in [-0.2, -0.15) is 0 Å². The maximum Gasteiger partial charge on any atom is 0.253 e. The summed E-state index contributed by atoms with van der Waals surface area (Å²) in [5, 5.41) is 3.42. The number of hydrogen-bond donors (Lipinski definition) is 1. The Hall–Kier alpha value is -1.06. The summed E-state index contributed by atoms with van der Waals surface area (Å²) in [5.74, 6) is 0.215. The Morgan fingerprint density at radius 2 is 1.71 bits per heavy atom. The number of benzene rings is 1. The summed E-state index contributed by atoms with van der Waals surface area (Å²) in [6.07, 6.45) is 3.60. The molecular weight excluding hydrogens is 284 g/mol. The highest BCUT2D eigenvalue weighted by molar-refractivity contribution is 5.94. The first-order valence-corrected chi connectivity index (χ1v) is 7.66. The number of nitrogens with zero attached hydrogens (tertiary/aromatic N) is 1. The first kappa shape index (κ1) is 16.3. The summed E-state index contributed by atoms with van der Waals surface area (Å²) < 4.78 is 0. The van der Waals surface area contributed by atoms with Crippen LogP contribution in [-0.2, 0) is 0 Å². The Morgan fingerprint density at radius 1 is 1.10 bits per heavy atom. The standard InChI is InChI=1S/C17H24N2O.ClH/c1-13-9-14(2)11-15(10-13)16(20)19-8-5-17(12-19)3-6-18-7-4-17;/h9-11,18H,3-8,12H2,1-2H3;1H. The molecule has 2 heterocycles. The third kappa shape index (κ3) is 3.41. The van der Waals surface area contributed by atoms with Crippen molar-refractivity contribution in [3.63, 3.8) is 0 Å². The lowest BCUT2D eigenvalue weighted by Crippen LogP contribution is -2.39. The molecule has 1 amide bonds. The summed E-state index contributed by atoms with van der Waals surface area (Å²) in [5.41, 5.74) is 3.58. The minimum absolute atomic E-state index is 0. The van der Waals surface area contributed by atoms with Gasteiger partial charge in [0.05, 0.1) is 0 Å². The maximum atomic E-state index is 12.7. The highest BCUT2D eigenvalue weighted by Gasteiger charge is 2.40. The molecule has 0 atom stereocenters. The molecule has 0 radical (unpaired) electrons. The van der Waals surface area contributed by atoms with Crippen LogP contribution < -0.4 is 5.32 Å². The van der Waals surface area contributed by atoms with Gasteiger partial charge in [-0.15, -0.1) is 12.4 Å². The largest absolute Gasteiger partial charge is 0.338 e. The molecule has 0 aromatic heterocycles. The lowest BCUT2D eigenvalue weighted by molar-refractivity contribution is 0.0761. The van der Waals surface area contributed by atoms with E-state index >= 15 is 0 Å². The van der Waals surface area contributed by atoms with Crippen LogP contribution >= 0.6 is 12.4 Å². The predicted molar refractivity (Wildman–Crippen MR) is 88.2 cm³/mol. The molecule has 0 unspecified atom stereocenters. The van der Waals surface area contributed by atoms with E-state index in [-0.39, 0.29) is 18.3 Å². The molecule has 116 valence electrons. The number of nitrogens with one attached hydrogen (secondary N) is 1. The van der Waals surface area contributed by atoms with Gasteiger partial charge in [0.25, 0.3) is 5.91 Å². The molecule has 1 aromatic carbocycles. The lowest BCUT2D eigenvalue weighted by Gasteiger charge is -2.33. The molecule has 2 fully saturated rings. The number of carbonyl (C=O) groups is 1. The van der Waals surface area contributed by atoms with Gasteiger partial charge in [-0.25, -0.2) is 0 Å². The number of halogens is 1. The number of carbonyl (C=O) groups excluding carboxylic acids is 1. The Kier molecular flexibility index (Phi) is 4.95. The summed E-state index contributed by atoms with van der Waals surface area (Å²) in [4.78, 5) is 14.8. The van der Waals surface area contributed by atoms with Crippen LogP contribution in [0.25, 0.3) is 0 Å². The van der Waals surface area contributed by atoms with E-state index in [2.05, 4.69) is 30.1 Å². The van der Waals surface area contributed by atoms with Gasteiger partial charge in [0.15, 0.2) is 0 Å². The molecule has 21 heavy (non-hydrogen) atoms. The number of piperidine rings is 1. The Bertz CT molecular complexity index is 503. The third-order valence-corrected chi connectivity index (χ3v) is 4.86. The van der Waals surface area contributed by atoms with Crippen LogP contribution in [0.3, 0.4) is 0 Å².